The lowest BCUT2D eigenvalue weighted by molar-refractivity contribution is 0.0250. The minimum atomic E-state index is 0.267. The zero-order chi connectivity index (χ0) is 10.8. The van der Waals surface area contributed by atoms with E-state index in [0.29, 0.717) is 17.2 Å². The van der Waals surface area contributed by atoms with Gasteiger partial charge in [0.2, 0.25) is 0 Å². The van der Waals surface area contributed by atoms with Gasteiger partial charge < -0.3 is 10.5 Å². The fourth-order valence-corrected chi connectivity index (χ4v) is 2.95. The quantitative estimate of drug-likeness (QED) is 0.836. The SMILES string of the molecule is CCC[C@@H]1Cc2c(sc(N)c2C#N)CO1. The van der Waals surface area contributed by atoms with Gasteiger partial charge in [-0.3, -0.25) is 0 Å². The van der Waals surface area contributed by atoms with Gasteiger partial charge in [-0.1, -0.05) is 13.3 Å². The van der Waals surface area contributed by atoms with Crippen molar-refractivity contribution < 1.29 is 4.74 Å². The van der Waals surface area contributed by atoms with Crippen LogP contribution in [0.3, 0.4) is 0 Å². The number of nitriles is 1. The summed E-state index contributed by atoms with van der Waals surface area (Å²) in [5.41, 5.74) is 7.60. The van der Waals surface area contributed by atoms with Crippen molar-refractivity contribution in [3.05, 3.63) is 16.0 Å². The summed E-state index contributed by atoms with van der Waals surface area (Å²) >= 11 is 1.49. The second-order valence-corrected chi connectivity index (χ2v) is 4.92. The molecule has 2 N–H and O–H groups in total. The lowest BCUT2D eigenvalue weighted by Crippen LogP contribution is -2.21. The average Bonchev–Trinajstić information content (AvgIpc) is 2.53. The Kier molecular flexibility index (Phi) is 2.94. The molecule has 0 spiro atoms. The van der Waals surface area contributed by atoms with Crippen LogP contribution in [0.2, 0.25) is 0 Å². The molecule has 1 aromatic rings. The van der Waals surface area contributed by atoms with Crippen LogP contribution in [-0.2, 0) is 17.8 Å². The third-order valence-corrected chi connectivity index (χ3v) is 3.76. The Balaban J connectivity index is 2.28. The minimum absolute atomic E-state index is 0.267. The van der Waals surface area contributed by atoms with E-state index in [2.05, 4.69) is 13.0 Å². The third kappa shape index (κ3) is 1.85. The van der Waals surface area contributed by atoms with Crippen LogP contribution in [0.4, 0.5) is 5.00 Å². The Hall–Kier alpha value is -1.05. The maximum absolute atomic E-state index is 9.02. The van der Waals surface area contributed by atoms with Crippen LogP contribution in [0, 0.1) is 11.3 Å². The highest BCUT2D eigenvalue weighted by molar-refractivity contribution is 7.16. The van der Waals surface area contributed by atoms with E-state index in [-0.39, 0.29) is 6.10 Å². The summed E-state index contributed by atoms with van der Waals surface area (Å²) in [6.45, 7) is 2.77. The van der Waals surface area contributed by atoms with Gasteiger partial charge in [0.1, 0.15) is 11.1 Å². The minimum Gasteiger partial charge on any atom is -0.389 e. The van der Waals surface area contributed by atoms with Gasteiger partial charge in [0.05, 0.1) is 18.3 Å². The second-order valence-electron chi connectivity index (χ2n) is 3.78. The van der Waals surface area contributed by atoms with Gasteiger partial charge in [0.25, 0.3) is 0 Å². The van der Waals surface area contributed by atoms with Gasteiger partial charge in [-0.15, -0.1) is 11.3 Å². The van der Waals surface area contributed by atoms with E-state index in [1.165, 1.54) is 11.3 Å². The normalized spacial score (nSPS) is 19.6. The number of fused-ring (bicyclic) bond motifs is 1. The molecule has 0 bridgehead atoms. The first kappa shape index (κ1) is 10.5. The van der Waals surface area contributed by atoms with Gasteiger partial charge in [-0.05, 0) is 12.0 Å². The Morgan fingerprint density at radius 2 is 2.47 bits per heavy atom. The fraction of sp³-hybridized carbons (Fsp3) is 0.545. The number of nitrogens with zero attached hydrogens (tertiary/aromatic N) is 1. The highest BCUT2D eigenvalue weighted by Crippen LogP contribution is 2.35. The van der Waals surface area contributed by atoms with Gasteiger partial charge >= 0.3 is 0 Å². The Labute approximate surface area is 93.5 Å². The Bertz CT molecular complexity index is 405. The van der Waals surface area contributed by atoms with Crippen LogP contribution >= 0.6 is 11.3 Å². The summed E-state index contributed by atoms with van der Waals surface area (Å²) < 4.78 is 5.70. The van der Waals surface area contributed by atoms with Crippen molar-refractivity contribution in [2.45, 2.75) is 38.9 Å². The molecular weight excluding hydrogens is 208 g/mol. The molecule has 0 radical (unpaired) electrons. The molecule has 0 aliphatic carbocycles. The smallest absolute Gasteiger partial charge is 0.104 e. The molecule has 1 aromatic heterocycles. The first-order chi connectivity index (χ1) is 7.26. The predicted octanol–water partition coefficient (Wildman–Crippen LogP) is 2.44. The van der Waals surface area contributed by atoms with Crippen molar-refractivity contribution in [2.75, 3.05) is 5.73 Å². The van der Waals surface area contributed by atoms with Gasteiger partial charge in [-0.25, -0.2) is 0 Å². The lowest BCUT2D eigenvalue weighted by atomic mass is 9.99. The third-order valence-electron chi connectivity index (χ3n) is 2.72. The molecule has 3 nitrogen and oxygen atoms in total. The number of hydrogen-bond donors (Lipinski definition) is 1. The summed E-state index contributed by atoms with van der Waals surface area (Å²) in [7, 11) is 0. The molecule has 0 fully saturated rings. The number of ether oxygens (including phenoxy) is 1. The molecule has 0 saturated heterocycles. The molecule has 4 heteroatoms. The summed E-state index contributed by atoms with van der Waals surface area (Å²) in [4.78, 5) is 1.14. The van der Waals surface area contributed by atoms with Crippen LogP contribution in [-0.4, -0.2) is 6.10 Å². The van der Waals surface area contributed by atoms with Gasteiger partial charge in [-0.2, -0.15) is 5.26 Å². The summed E-state index contributed by atoms with van der Waals surface area (Å²) in [5.74, 6) is 0. The molecule has 1 aliphatic rings. The molecule has 0 unspecified atom stereocenters. The van der Waals surface area contributed by atoms with Crippen molar-refractivity contribution in [1.29, 1.82) is 5.26 Å². The van der Waals surface area contributed by atoms with Crippen molar-refractivity contribution in [3.8, 4) is 6.07 Å². The monoisotopic (exact) mass is 222 g/mol. The standard InChI is InChI=1S/C11H14N2OS/c1-2-3-7-4-8-9(5-12)11(13)15-10(8)6-14-7/h7H,2-4,6,13H2,1H3/t7-/m1/s1. The molecule has 2 heterocycles. The number of nitrogens with two attached hydrogens (primary N) is 1. The van der Waals surface area contributed by atoms with Crippen LogP contribution in [0.1, 0.15) is 35.8 Å². The largest absolute Gasteiger partial charge is 0.389 e. The molecular formula is C11H14N2OS. The molecule has 80 valence electrons. The van der Waals surface area contributed by atoms with Gasteiger partial charge in [0.15, 0.2) is 0 Å². The van der Waals surface area contributed by atoms with Crippen LogP contribution in [0.15, 0.2) is 0 Å². The Morgan fingerprint density at radius 1 is 1.67 bits per heavy atom. The van der Waals surface area contributed by atoms with Crippen LogP contribution < -0.4 is 5.73 Å². The van der Waals surface area contributed by atoms with Crippen molar-refractivity contribution >= 4 is 16.3 Å². The number of anilines is 1. The zero-order valence-electron chi connectivity index (χ0n) is 8.75. The van der Waals surface area contributed by atoms with Crippen molar-refractivity contribution in [2.24, 2.45) is 0 Å². The fourth-order valence-electron chi connectivity index (χ4n) is 1.98. The topological polar surface area (TPSA) is 59.0 Å². The summed E-state index contributed by atoms with van der Waals surface area (Å²) in [6, 6.07) is 2.20. The molecule has 1 atom stereocenters. The molecule has 2 rings (SSSR count). The van der Waals surface area contributed by atoms with Crippen LogP contribution in [0.25, 0.3) is 0 Å². The molecule has 0 saturated carbocycles. The number of nitrogen functional groups attached to an aromatic ring is 1. The van der Waals surface area contributed by atoms with Crippen LogP contribution in [0.5, 0.6) is 0 Å². The highest BCUT2D eigenvalue weighted by Gasteiger charge is 2.24. The maximum Gasteiger partial charge on any atom is 0.104 e. The number of rotatable bonds is 2. The molecule has 15 heavy (non-hydrogen) atoms. The number of hydrogen-bond acceptors (Lipinski definition) is 4. The van der Waals surface area contributed by atoms with E-state index in [1.807, 2.05) is 0 Å². The summed E-state index contributed by atoms with van der Waals surface area (Å²) in [5, 5.41) is 9.66. The first-order valence-electron chi connectivity index (χ1n) is 5.18. The molecule has 1 aliphatic heterocycles. The van der Waals surface area contributed by atoms with E-state index in [9.17, 15) is 0 Å². The summed E-state index contributed by atoms with van der Waals surface area (Å²) in [6.07, 6.45) is 3.28. The lowest BCUT2D eigenvalue weighted by Gasteiger charge is -2.22. The van der Waals surface area contributed by atoms with E-state index >= 15 is 0 Å². The molecule has 0 amide bonds. The maximum atomic E-state index is 9.02. The van der Waals surface area contributed by atoms with E-state index in [0.717, 1.165) is 29.7 Å². The molecule has 0 aromatic carbocycles. The van der Waals surface area contributed by atoms with E-state index in [1.54, 1.807) is 0 Å². The van der Waals surface area contributed by atoms with Gasteiger partial charge in [0, 0.05) is 11.3 Å². The Morgan fingerprint density at radius 3 is 3.13 bits per heavy atom. The van der Waals surface area contributed by atoms with E-state index < -0.39 is 0 Å². The highest BCUT2D eigenvalue weighted by atomic mass is 32.1. The zero-order valence-corrected chi connectivity index (χ0v) is 9.56. The first-order valence-corrected chi connectivity index (χ1v) is 5.99. The van der Waals surface area contributed by atoms with Crippen molar-refractivity contribution in [1.82, 2.24) is 0 Å². The average molecular weight is 222 g/mol. The second kappa shape index (κ2) is 4.21. The number of thiophene rings is 1. The van der Waals surface area contributed by atoms with Crippen molar-refractivity contribution in [3.63, 3.8) is 0 Å². The predicted molar refractivity (Wildman–Crippen MR) is 60.6 cm³/mol. The van der Waals surface area contributed by atoms with E-state index in [4.69, 9.17) is 15.7 Å².